The van der Waals surface area contributed by atoms with E-state index in [1.807, 2.05) is 39.8 Å². The number of amides is 1. The van der Waals surface area contributed by atoms with E-state index in [-0.39, 0.29) is 11.9 Å². The lowest BCUT2D eigenvalue weighted by molar-refractivity contribution is -0.128. The van der Waals surface area contributed by atoms with E-state index in [2.05, 4.69) is 11.6 Å². The maximum Gasteiger partial charge on any atom is 0.227 e. The standard InChI is InChI=1S/C17H29N3O2/c1-7-16(10-9-14(4)22-6)12-19-15(5)20(13(3)11-18)17(21)8-2/h7,9-10,13H,1,8,11-12,18H2,2-6H3/b14-9+,16-10+,19-15?. The molecule has 1 unspecified atom stereocenters. The molecule has 0 aromatic rings. The van der Waals surface area contributed by atoms with E-state index < -0.39 is 0 Å². The van der Waals surface area contributed by atoms with Gasteiger partial charge < -0.3 is 10.5 Å². The van der Waals surface area contributed by atoms with E-state index in [0.29, 0.717) is 25.3 Å². The van der Waals surface area contributed by atoms with Gasteiger partial charge in [-0.15, -0.1) is 0 Å². The maximum atomic E-state index is 12.1. The lowest BCUT2D eigenvalue weighted by atomic mass is 10.2. The molecule has 0 aromatic carbocycles. The fraction of sp³-hybridized carbons (Fsp3) is 0.529. The first-order valence-corrected chi connectivity index (χ1v) is 7.48. The van der Waals surface area contributed by atoms with E-state index in [0.717, 1.165) is 11.3 Å². The van der Waals surface area contributed by atoms with Gasteiger partial charge in [0.1, 0.15) is 5.84 Å². The van der Waals surface area contributed by atoms with E-state index in [4.69, 9.17) is 10.5 Å². The molecule has 124 valence electrons. The average molecular weight is 307 g/mol. The van der Waals surface area contributed by atoms with Crippen LogP contribution >= 0.6 is 0 Å². The van der Waals surface area contributed by atoms with Crippen molar-refractivity contribution < 1.29 is 9.53 Å². The Balaban J connectivity index is 5.14. The Kier molecular flexibility index (Phi) is 9.87. The molecule has 0 aliphatic heterocycles. The zero-order valence-electron chi connectivity index (χ0n) is 14.4. The molecule has 22 heavy (non-hydrogen) atoms. The van der Waals surface area contributed by atoms with Crippen molar-refractivity contribution in [1.29, 1.82) is 0 Å². The van der Waals surface area contributed by atoms with Crippen molar-refractivity contribution in [2.45, 2.75) is 40.2 Å². The highest BCUT2D eigenvalue weighted by Crippen LogP contribution is 2.06. The van der Waals surface area contributed by atoms with Crippen LogP contribution in [0.4, 0.5) is 0 Å². The number of rotatable bonds is 8. The number of methoxy groups -OCH3 is 1. The highest BCUT2D eigenvalue weighted by Gasteiger charge is 2.19. The summed E-state index contributed by atoms with van der Waals surface area (Å²) in [6.07, 6.45) is 5.94. The maximum absolute atomic E-state index is 12.1. The predicted octanol–water partition coefficient (Wildman–Crippen LogP) is 2.65. The van der Waals surface area contributed by atoms with Gasteiger partial charge in [0.25, 0.3) is 0 Å². The zero-order chi connectivity index (χ0) is 17.1. The van der Waals surface area contributed by atoms with Crippen molar-refractivity contribution in [3.8, 4) is 0 Å². The second kappa shape index (κ2) is 10.8. The number of amidine groups is 1. The van der Waals surface area contributed by atoms with Gasteiger partial charge in [-0.25, -0.2) is 0 Å². The van der Waals surface area contributed by atoms with Crippen LogP contribution in [0, 0.1) is 0 Å². The number of hydrogen-bond acceptors (Lipinski definition) is 4. The lowest BCUT2D eigenvalue weighted by Gasteiger charge is -2.27. The summed E-state index contributed by atoms with van der Waals surface area (Å²) in [5, 5.41) is 0. The van der Waals surface area contributed by atoms with Crippen LogP contribution in [-0.2, 0) is 9.53 Å². The Morgan fingerprint density at radius 2 is 2.05 bits per heavy atom. The molecule has 0 heterocycles. The molecule has 5 heteroatoms. The van der Waals surface area contributed by atoms with Crippen molar-refractivity contribution in [3.05, 3.63) is 36.1 Å². The van der Waals surface area contributed by atoms with E-state index in [1.54, 1.807) is 18.1 Å². The topological polar surface area (TPSA) is 67.9 Å². The fourth-order valence-corrected chi connectivity index (χ4v) is 1.78. The summed E-state index contributed by atoms with van der Waals surface area (Å²) in [6.45, 7) is 12.1. The van der Waals surface area contributed by atoms with Gasteiger partial charge in [-0.3, -0.25) is 14.7 Å². The Hall–Kier alpha value is -1.88. The molecule has 0 saturated heterocycles. The van der Waals surface area contributed by atoms with Gasteiger partial charge in [0.15, 0.2) is 0 Å². The Morgan fingerprint density at radius 1 is 1.41 bits per heavy atom. The molecule has 0 aliphatic carbocycles. The number of carbonyl (C=O) groups excluding carboxylic acids is 1. The van der Waals surface area contributed by atoms with Crippen molar-refractivity contribution >= 4 is 11.7 Å². The number of nitrogens with zero attached hydrogens (tertiary/aromatic N) is 2. The zero-order valence-corrected chi connectivity index (χ0v) is 14.4. The van der Waals surface area contributed by atoms with E-state index in [9.17, 15) is 4.79 Å². The van der Waals surface area contributed by atoms with Crippen LogP contribution in [0.3, 0.4) is 0 Å². The minimum Gasteiger partial charge on any atom is -0.501 e. The molecule has 0 aliphatic rings. The van der Waals surface area contributed by atoms with Crippen molar-refractivity contribution in [2.24, 2.45) is 10.7 Å². The molecule has 0 bridgehead atoms. The monoisotopic (exact) mass is 307 g/mol. The van der Waals surface area contributed by atoms with Gasteiger partial charge in [-0.2, -0.15) is 0 Å². The molecule has 0 radical (unpaired) electrons. The van der Waals surface area contributed by atoms with Crippen LogP contribution < -0.4 is 5.73 Å². The number of allylic oxidation sites excluding steroid dienone is 3. The van der Waals surface area contributed by atoms with Crippen LogP contribution in [-0.4, -0.2) is 42.9 Å². The van der Waals surface area contributed by atoms with Crippen LogP contribution in [0.5, 0.6) is 0 Å². The number of aliphatic imine (C=N–C) groups is 1. The molecule has 1 atom stereocenters. The van der Waals surface area contributed by atoms with Gasteiger partial charge in [0.05, 0.1) is 19.4 Å². The quantitative estimate of drug-likeness (QED) is 0.324. The molecule has 2 N–H and O–H groups in total. The molecular formula is C17H29N3O2. The predicted molar refractivity (Wildman–Crippen MR) is 92.7 cm³/mol. The van der Waals surface area contributed by atoms with E-state index >= 15 is 0 Å². The van der Waals surface area contributed by atoms with Crippen molar-refractivity contribution in [1.82, 2.24) is 4.90 Å². The lowest BCUT2D eigenvalue weighted by Crippen LogP contribution is -2.45. The molecule has 5 nitrogen and oxygen atoms in total. The van der Waals surface area contributed by atoms with Crippen LogP contribution in [0.2, 0.25) is 0 Å². The average Bonchev–Trinajstić information content (AvgIpc) is 2.54. The van der Waals surface area contributed by atoms with Crippen LogP contribution in [0.25, 0.3) is 0 Å². The number of nitrogens with two attached hydrogens (primary N) is 1. The second-order valence-corrected chi connectivity index (χ2v) is 4.99. The minimum atomic E-state index is -0.0667. The molecule has 0 spiro atoms. The first kappa shape index (κ1) is 20.1. The largest absolute Gasteiger partial charge is 0.501 e. The molecule has 0 rings (SSSR count). The number of carbonyl (C=O) groups is 1. The summed E-state index contributed by atoms with van der Waals surface area (Å²) in [7, 11) is 1.62. The first-order chi connectivity index (χ1) is 10.4. The fourth-order valence-electron chi connectivity index (χ4n) is 1.78. The highest BCUT2D eigenvalue weighted by atomic mass is 16.5. The number of ether oxygens (including phenoxy) is 1. The smallest absolute Gasteiger partial charge is 0.227 e. The Morgan fingerprint density at radius 3 is 2.50 bits per heavy atom. The van der Waals surface area contributed by atoms with Crippen molar-refractivity contribution in [3.63, 3.8) is 0 Å². The molecular weight excluding hydrogens is 278 g/mol. The van der Waals surface area contributed by atoms with Gasteiger partial charge in [-0.05, 0) is 32.4 Å². The molecule has 1 amide bonds. The molecule has 0 fully saturated rings. The third-order valence-electron chi connectivity index (χ3n) is 3.31. The Bertz CT molecular complexity index is 465. The van der Waals surface area contributed by atoms with Gasteiger partial charge in [0, 0.05) is 19.0 Å². The summed E-state index contributed by atoms with van der Waals surface area (Å²) >= 11 is 0. The third kappa shape index (κ3) is 6.72. The van der Waals surface area contributed by atoms with Gasteiger partial charge >= 0.3 is 0 Å². The summed E-state index contributed by atoms with van der Waals surface area (Å²) in [5.41, 5.74) is 6.63. The summed E-state index contributed by atoms with van der Waals surface area (Å²) in [4.78, 5) is 18.2. The summed E-state index contributed by atoms with van der Waals surface area (Å²) < 4.78 is 5.08. The summed E-state index contributed by atoms with van der Waals surface area (Å²) in [6, 6.07) is -0.0667. The van der Waals surface area contributed by atoms with Crippen molar-refractivity contribution in [2.75, 3.05) is 20.2 Å². The third-order valence-corrected chi connectivity index (χ3v) is 3.31. The van der Waals surface area contributed by atoms with Gasteiger partial charge in [-0.1, -0.05) is 25.7 Å². The van der Waals surface area contributed by atoms with Crippen LogP contribution in [0.1, 0.15) is 34.1 Å². The second-order valence-electron chi connectivity index (χ2n) is 4.99. The molecule has 0 aromatic heterocycles. The van der Waals surface area contributed by atoms with Crippen LogP contribution in [0.15, 0.2) is 41.1 Å². The first-order valence-electron chi connectivity index (χ1n) is 7.48. The molecule has 0 saturated carbocycles. The summed E-state index contributed by atoms with van der Waals surface area (Å²) in [5.74, 6) is 1.50. The Labute approximate surface area is 134 Å². The SMILES string of the molecule is C=C/C(=C\C=C(/C)OC)CN=C(C)N(C(=O)CC)C(C)CN. The number of hydrogen-bond donors (Lipinski definition) is 1. The normalized spacial score (nSPS) is 14.5. The van der Waals surface area contributed by atoms with Gasteiger partial charge in [0.2, 0.25) is 5.91 Å². The minimum absolute atomic E-state index is 0.0263. The van der Waals surface area contributed by atoms with E-state index in [1.165, 1.54) is 0 Å². The highest BCUT2D eigenvalue weighted by molar-refractivity contribution is 5.97.